The normalized spacial score (nSPS) is 33.3. The van der Waals surface area contributed by atoms with E-state index >= 15 is 0 Å². The predicted octanol–water partition coefficient (Wildman–Crippen LogP) is 2.39. The first kappa shape index (κ1) is 10.9. The summed E-state index contributed by atoms with van der Waals surface area (Å²) in [6, 6.07) is 0.853. The highest BCUT2D eigenvalue weighted by atomic mass is 16.1. The molecule has 2 rings (SSSR count). The molecule has 0 aromatic rings. The van der Waals surface area contributed by atoms with Crippen LogP contribution in [0.5, 0.6) is 0 Å². The Bertz CT molecular complexity index is 300. The van der Waals surface area contributed by atoms with Crippen molar-refractivity contribution in [1.82, 2.24) is 4.90 Å². The molecule has 0 radical (unpaired) electrons. The third-order valence-corrected chi connectivity index (χ3v) is 3.68. The van der Waals surface area contributed by atoms with Gasteiger partial charge in [0.2, 0.25) is 0 Å². The van der Waals surface area contributed by atoms with Crippen molar-refractivity contribution in [1.29, 1.82) is 0 Å². The fourth-order valence-corrected chi connectivity index (χ4v) is 2.94. The molecule has 0 bridgehead atoms. The summed E-state index contributed by atoms with van der Waals surface area (Å²) in [5.41, 5.74) is 1.49. The number of rotatable bonds is 0. The number of Topliss-reactive ketones (excluding diaryl/α,β-unsaturated/α-hetero) is 1. The fourth-order valence-electron chi connectivity index (χ4n) is 2.94. The molecule has 0 amide bonds. The molecule has 0 aromatic carbocycles. The van der Waals surface area contributed by atoms with Gasteiger partial charge in [0.1, 0.15) is 5.78 Å². The maximum Gasteiger partial charge on any atom is 0.136 e. The van der Waals surface area contributed by atoms with Crippen LogP contribution in [0.1, 0.15) is 40.0 Å². The van der Waals surface area contributed by atoms with E-state index in [1.165, 1.54) is 5.57 Å². The van der Waals surface area contributed by atoms with Gasteiger partial charge < -0.3 is 0 Å². The molecule has 2 nitrogen and oxygen atoms in total. The van der Waals surface area contributed by atoms with Crippen molar-refractivity contribution >= 4 is 5.78 Å². The number of hydrogen-bond acceptors (Lipinski definition) is 2. The zero-order valence-electron chi connectivity index (χ0n) is 10.0. The number of hydrogen-bond donors (Lipinski definition) is 0. The van der Waals surface area contributed by atoms with E-state index in [9.17, 15) is 4.79 Å². The van der Waals surface area contributed by atoms with Gasteiger partial charge in [-0.15, -0.1) is 0 Å². The first-order chi connectivity index (χ1) is 6.88. The molecule has 0 spiro atoms. The number of piperidine rings is 1. The lowest BCUT2D eigenvalue weighted by molar-refractivity contribution is -0.126. The van der Waals surface area contributed by atoms with Crippen LogP contribution in [-0.2, 0) is 4.79 Å². The molecule has 84 valence electrons. The lowest BCUT2D eigenvalue weighted by Crippen LogP contribution is -2.51. The standard InChI is InChI=1S/C13H21NO/c1-9-5-10-6-11(15)7-12(13(2,3)4)14(10)8-9/h10,12H,1,5-8H2,2-4H3/t10-,12+/m0/s1. The largest absolute Gasteiger partial charge is 0.300 e. The van der Waals surface area contributed by atoms with Crippen molar-refractivity contribution < 1.29 is 4.79 Å². The minimum Gasteiger partial charge on any atom is -0.300 e. The molecule has 15 heavy (non-hydrogen) atoms. The third-order valence-electron chi connectivity index (χ3n) is 3.68. The maximum absolute atomic E-state index is 11.7. The Kier molecular flexibility index (Phi) is 2.50. The molecule has 0 unspecified atom stereocenters. The predicted molar refractivity (Wildman–Crippen MR) is 61.7 cm³/mol. The van der Waals surface area contributed by atoms with Gasteiger partial charge in [-0.2, -0.15) is 0 Å². The minimum atomic E-state index is 0.193. The van der Waals surface area contributed by atoms with Gasteiger partial charge in [0.05, 0.1) is 0 Å². The second-order valence-electron chi connectivity index (χ2n) is 6.11. The Morgan fingerprint density at radius 2 is 1.93 bits per heavy atom. The van der Waals surface area contributed by atoms with Gasteiger partial charge in [0.15, 0.2) is 0 Å². The summed E-state index contributed by atoms with van der Waals surface area (Å²) in [7, 11) is 0. The number of carbonyl (C=O) groups is 1. The average molecular weight is 207 g/mol. The van der Waals surface area contributed by atoms with Gasteiger partial charge in [-0.05, 0) is 11.8 Å². The van der Waals surface area contributed by atoms with Crippen LogP contribution < -0.4 is 0 Å². The lowest BCUT2D eigenvalue weighted by atomic mass is 9.79. The molecular weight excluding hydrogens is 186 g/mol. The van der Waals surface area contributed by atoms with E-state index in [1.54, 1.807) is 0 Å². The van der Waals surface area contributed by atoms with Crippen LogP contribution in [-0.4, -0.2) is 29.3 Å². The Labute approximate surface area is 92.3 Å². The van der Waals surface area contributed by atoms with Crippen LogP contribution >= 0.6 is 0 Å². The molecule has 2 heterocycles. The molecule has 2 aliphatic heterocycles. The summed E-state index contributed by atoms with van der Waals surface area (Å²) in [4.78, 5) is 14.2. The molecular formula is C13H21NO. The van der Waals surface area contributed by atoms with Crippen LogP contribution in [0.3, 0.4) is 0 Å². The van der Waals surface area contributed by atoms with Gasteiger partial charge >= 0.3 is 0 Å². The molecule has 0 N–H and O–H groups in total. The van der Waals surface area contributed by atoms with Crippen LogP contribution in [0, 0.1) is 5.41 Å². The van der Waals surface area contributed by atoms with Crippen LogP contribution in [0.25, 0.3) is 0 Å². The second kappa shape index (κ2) is 3.44. The van der Waals surface area contributed by atoms with Crippen molar-refractivity contribution in [2.24, 2.45) is 5.41 Å². The molecule has 0 saturated carbocycles. The van der Waals surface area contributed by atoms with Gasteiger partial charge in [-0.1, -0.05) is 32.9 Å². The SMILES string of the molecule is C=C1C[C@H]2CC(=O)C[C@H](C(C)(C)C)N2C1. The molecule has 2 aliphatic rings. The van der Waals surface area contributed by atoms with Crippen molar-refractivity contribution in [3.8, 4) is 0 Å². The Morgan fingerprint density at radius 3 is 2.53 bits per heavy atom. The van der Waals surface area contributed by atoms with Crippen LogP contribution in [0.4, 0.5) is 0 Å². The molecule has 2 saturated heterocycles. The van der Waals surface area contributed by atoms with Crippen molar-refractivity contribution in [2.75, 3.05) is 6.54 Å². The highest BCUT2D eigenvalue weighted by molar-refractivity contribution is 5.81. The third kappa shape index (κ3) is 2.00. The van der Waals surface area contributed by atoms with E-state index < -0.39 is 0 Å². The smallest absolute Gasteiger partial charge is 0.136 e. The van der Waals surface area contributed by atoms with Crippen LogP contribution in [0.2, 0.25) is 0 Å². The molecule has 2 atom stereocenters. The van der Waals surface area contributed by atoms with Crippen molar-refractivity contribution in [3.05, 3.63) is 12.2 Å². The fraction of sp³-hybridized carbons (Fsp3) is 0.769. The van der Waals surface area contributed by atoms with Gasteiger partial charge in [-0.3, -0.25) is 9.69 Å². The van der Waals surface area contributed by atoms with Gasteiger partial charge in [0.25, 0.3) is 0 Å². The molecule has 0 aliphatic carbocycles. The highest BCUT2D eigenvalue weighted by Gasteiger charge is 2.43. The molecule has 2 fully saturated rings. The average Bonchev–Trinajstić information content (AvgIpc) is 2.41. The van der Waals surface area contributed by atoms with E-state index in [1.807, 2.05) is 0 Å². The van der Waals surface area contributed by atoms with Gasteiger partial charge in [-0.25, -0.2) is 0 Å². The summed E-state index contributed by atoms with van der Waals surface area (Å²) in [6.45, 7) is 11.8. The monoisotopic (exact) mass is 207 g/mol. The van der Waals surface area contributed by atoms with E-state index in [0.717, 1.165) is 25.8 Å². The van der Waals surface area contributed by atoms with E-state index in [2.05, 4.69) is 32.3 Å². The van der Waals surface area contributed by atoms with Crippen molar-refractivity contribution in [3.63, 3.8) is 0 Å². The maximum atomic E-state index is 11.7. The van der Waals surface area contributed by atoms with E-state index in [4.69, 9.17) is 0 Å². The summed E-state index contributed by atoms with van der Waals surface area (Å²) >= 11 is 0. The number of carbonyl (C=O) groups excluding carboxylic acids is 1. The minimum absolute atomic E-state index is 0.193. The molecule has 0 aromatic heterocycles. The summed E-state index contributed by atoms with van der Waals surface area (Å²) < 4.78 is 0. The van der Waals surface area contributed by atoms with Gasteiger partial charge in [0, 0.05) is 31.5 Å². The highest BCUT2D eigenvalue weighted by Crippen LogP contribution is 2.38. The quantitative estimate of drug-likeness (QED) is 0.568. The summed E-state index contributed by atoms with van der Waals surface area (Å²) in [5, 5.41) is 0. The number of fused-ring (bicyclic) bond motifs is 1. The lowest BCUT2D eigenvalue weighted by Gasteiger charge is -2.44. The first-order valence-corrected chi connectivity index (χ1v) is 5.82. The first-order valence-electron chi connectivity index (χ1n) is 5.82. The zero-order valence-corrected chi connectivity index (χ0v) is 10.0. The second-order valence-corrected chi connectivity index (χ2v) is 6.11. The van der Waals surface area contributed by atoms with E-state index in [-0.39, 0.29) is 5.41 Å². The van der Waals surface area contributed by atoms with Crippen molar-refractivity contribution in [2.45, 2.75) is 52.1 Å². The summed E-state index contributed by atoms with van der Waals surface area (Å²) in [6.07, 6.45) is 2.50. The number of nitrogens with zero attached hydrogens (tertiary/aromatic N) is 1. The number of ketones is 1. The molecule has 2 heteroatoms. The zero-order chi connectivity index (χ0) is 11.2. The summed E-state index contributed by atoms with van der Waals surface area (Å²) in [5.74, 6) is 0.436. The Hall–Kier alpha value is -0.630. The Morgan fingerprint density at radius 1 is 1.27 bits per heavy atom. The topological polar surface area (TPSA) is 20.3 Å². The van der Waals surface area contributed by atoms with E-state index in [0.29, 0.717) is 17.9 Å². The van der Waals surface area contributed by atoms with Crippen LogP contribution in [0.15, 0.2) is 12.2 Å². The Balaban J connectivity index is 2.23.